The molecular formula is C20H31NO3. The van der Waals surface area contributed by atoms with Gasteiger partial charge in [-0.05, 0) is 45.1 Å². The number of nitrogens with one attached hydrogen (secondary N) is 1. The summed E-state index contributed by atoms with van der Waals surface area (Å²) in [6.45, 7) is 5.49. The molecule has 1 N–H and O–H groups in total. The van der Waals surface area contributed by atoms with Gasteiger partial charge in [-0.1, -0.05) is 30.5 Å². The van der Waals surface area contributed by atoms with Crippen LogP contribution in [0.15, 0.2) is 18.2 Å². The smallest absolute Gasteiger partial charge is 0.224 e. The molecule has 1 saturated carbocycles. The van der Waals surface area contributed by atoms with Gasteiger partial charge in [0.2, 0.25) is 5.91 Å². The van der Waals surface area contributed by atoms with Gasteiger partial charge in [-0.3, -0.25) is 4.79 Å². The number of amides is 1. The van der Waals surface area contributed by atoms with Gasteiger partial charge in [0, 0.05) is 18.7 Å². The average Bonchev–Trinajstić information content (AvgIpc) is 3.08. The van der Waals surface area contributed by atoms with Crippen LogP contribution in [0, 0.1) is 12.8 Å². The summed E-state index contributed by atoms with van der Waals surface area (Å²) in [4.78, 5) is 12.2. The molecule has 0 heterocycles. The molecule has 0 saturated heterocycles. The topological polar surface area (TPSA) is 47.6 Å². The van der Waals surface area contributed by atoms with E-state index in [2.05, 4.69) is 5.32 Å². The van der Waals surface area contributed by atoms with Gasteiger partial charge >= 0.3 is 0 Å². The Hall–Kier alpha value is -1.55. The predicted molar refractivity (Wildman–Crippen MR) is 96.4 cm³/mol. The van der Waals surface area contributed by atoms with E-state index in [0.29, 0.717) is 18.9 Å². The van der Waals surface area contributed by atoms with Crippen molar-refractivity contribution in [1.29, 1.82) is 0 Å². The second kappa shape index (κ2) is 9.67. The summed E-state index contributed by atoms with van der Waals surface area (Å²) in [5.41, 5.74) is 2.07. The summed E-state index contributed by atoms with van der Waals surface area (Å²) >= 11 is 0. The second-order valence-electron chi connectivity index (χ2n) is 6.67. The third kappa shape index (κ3) is 5.52. The van der Waals surface area contributed by atoms with E-state index in [9.17, 15) is 4.79 Å². The summed E-state index contributed by atoms with van der Waals surface area (Å²) in [6, 6.07) is 5.93. The fourth-order valence-corrected chi connectivity index (χ4v) is 3.63. The maximum absolute atomic E-state index is 12.2. The lowest BCUT2D eigenvalue weighted by Gasteiger charge is -2.23. The maximum atomic E-state index is 12.2. The molecule has 0 radical (unpaired) electrons. The summed E-state index contributed by atoms with van der Waals surface area (Å²) in [7, 11) is 1.64. The number of rotatable bonds is 9. The minimum absolute atomic E-state index is 0.0422. The van der Waals surface area contributed by atoms with Crippen LogP contribution in [-0.4, -0.2) is 32.3 Å². The standard InChI is InChI=1S/C20H31NO3/c1-4-24-19(16-7-5-6-8-16)11-12-21-20(22)14-17-13-15(2)9-10-18(17)23-3/h9-10,13,16,19H,4-8,11-12,14H2,1-3H3,(H,21,22). The molecule has 0 bridgehead atoms. The molecule has 1 atom stereocenters. The van der Waals surface area contributed by atoms with Crippen LogP contribution in [0.25, 0.3) is 0 Å². The average molecular weight is 333 g/mol. The first-order valence-electron chi connectivity index (χ1n) is 9.15. The molecule has 1 unspecified atom stereocenters. The summed E-state index contributed by atoms with van der Waals surface area (Å²) < 4.78 is 11.3. The van der Waals surface area contributed by atoms with Crippen LogP contribution in [0.3, 0.4) is 0 Å². The minimum atomic E-state index is 0.0422. The van der Waals surface area contributed by atoms with Crippen molar-refractivity contribution in [2.75, 3.05) is 20.3 Å². The molecule has 4 nitrogen and oxygen atoms in total. The van der Waals surface area contributed by atoms with E-state index in [0.717, 1.165) is 29.9 Å². The Morgan fingerprint density at radius 3 is 2.75 bits per heavy atom. The lowest BCUT2D eigenvalue weighted by molar-refractivity contribution is -0.120. The van der Waals surface area contributed by atoms with E-state index in [1.165, 1.54) is 25.7 Å². The van der Waals surface area contributed by atoms with Gasteiger partial charge in [0.05, 0.1) is 19.6 Å². The Morgan fingerprint density at radius 1 is 1.33 bits per heavy atom. The Morgan fingerprint density at radius 2 is 2.08 bits per heavy atom. The lowest BCUT2D eigenvalue weighted by Crippen LogP contribution is -2.31. The number of carbonyl (C=O) groups is 1. The highest BCUT2D eigenvalue weighted by atomic mass is 16.5. The van der Waals surface area contributed by atoms with Gasteiger partial charge in [-0.15, -0.1) is 0 Å². The molecule has 2 rings (SSSR count). The second-order valence-corrected chi connectivity index (χ2v) is 6.67. The van der Waals surface area contributed by atoms with E-state index in [-0.39, 0.29) is 12.0 Å². The van der Waals surface area contributed by atoms with Gasteiger partial charge in [0.15, 0.2) is 0 Å². The highest BCUT2D eigenvalue weighted by Gasteiger charge is 2.25. The monoisotopic (exact) mass is 333 g/mol. The SMILES string of the molecule is CCOC(CCNC(=O)Cc1cc(C)ccc1OC)C1CCCC1. The number of hydrogen-bond donors (Lipinski definition) is 1. The van der Waals surface area contributed by atoms with Gasteiger partial charge in [0.25, 0.3) is 0 Å². The number of aryl methyl sites for hydroxylation is 1. The summed E-state index contributed by atoms with van der Waals surface area (Å²) in [6.07, 6.45) is 6.69. The largest absolute Gasteiger partial charge is 0.496 e. The number of methoxy groups -OCH3 is 1. The van der Waals surface area contributed by atoms with E-state index in [4.69, 9.17) is 9.47 Å². The molecule has 0 aliphatic heterocycles. The molecule has 0 spiro atoms. The maximum Gasteiger partial charge on any atom is 0.224 e. The first-order valence-corrected chi connectivity index (χ1v) is 9.15. The van der Waals surface area contributed by atoms with Crippen molar-refractivity contribution in [3.05, 3.63) is 29.3 Å². The Balaban J connectivity index is 1.81. The van der Waals surface area contributed by atoms with Crippen molar-refractivity contribution in [3.63, 3.8) is 0 Å². The molecule has 4 heteroatoms. The molecule has 0 aromatic heterocycles. The van der Waals surface area contributed by atoms with Gasteiger partial charge in [-0.2, -0.15) is 0 Å². The first kappa shape index (κ1) is 18.8. The molecule has 1 amide bonds. The third-order valence-electron chi connectivity index (χ3n) is 4.84. The molecule has 1 aliphatic carbocycles. The normalized spacial score (nSPS) is 16.1. The summed E-state index contributed by atoms with van der Waals surface area (Å²) in [5, 5.41) is 3.04. The highest BCUT2D eigenvalue weighted by molar-refractivity contribution is 5.79. The van der Waals surface area contributed by atoms with Gasteiger partial charge in [0.1, 0.15) is 5.75 Å². The predicted octanol–water partition coefficient (Wildman–Crippen LogP) is 3.65. The number of benzene rings is 1. The van der Waals surface area contributed by atoms with Gasteiger partial charge in [-0.25, -0.2) is 0 Å². The van der Waals surface area contributed by atoms with E-state index in [1.807, 2.05) is 32.0 Å². The van der Waals surface area contributed by atoms with Crippen molar-refractivity contribution in [2.24, 2.45) is 5.92 Å². The van der Waals surface area contributed by atoms with Crippen LogP contribution in [0.4, 0.5) is 0 Å². The Labute approximate surface area is 145 Å². The zero-order chi connectivity index (χ0) is 17.4. The third-order valence-corrected chi connectivity index (χ3v) is 4.84. The molecular weight excluding hydrogens is 302 g/mol. The van der Waals surface area contributed by atoms with Crippen molar-refractivity contribution < 1.29 is 14.3 Å². The first-order chi connectivity index (χ1) is 11.6. The van der Waals surface area contributed by atoms with E-state index >= 15 is 0 Å². The minimum Gasteiger partial charge on any atom is -0.496 e. The quantitative estimate of drug-likeness (QED) is 0.750. The molecule has 24 heavy (non-hydrogen) atoms. The Bertz CT molecular complexity index is 524. The van der Waals surface area contributed by atoms with Crippen LogP contribution in [0.2, 0.25) is 0 Å². The van der Waals surface area contributed by atoms with E-state index in [1.54, 1.807) is 7.11 Å². The molecule has 1 aliphatic rings. The molecule has 1 aromatic carbocycles. The number of carbonyl (C=O) groups excluding carboxylic acids is 1. The van der Waals surface area contributed by atoms with Crippen LogP contribution in [-0.2, 0) is 16.0 Å². The number of hydrogen-bond acceptors (Lipinski definition) is 3. The van der Waals surface area contributed by atoms with Crippen LogP contribution in [0.5, 0.6) is 5.75 Å². The summed E-state index contributed by atoms with van der Waals surface area (Å²) in [5.74, 6) is 1.48. The fourth-order valence-electron chi connectivity index (χ4n) is 3.63. The zero-order valence-electron chi connectivity index (χ0n) is 15.3. The van der Waals surface area contributed by atoms with Crippen LogP contribution in [0.1, 0.15) is 50.2 Å². The Kier molecular flexibility index (Phi) is 7.57. The molecule has 134 valence electrons. The zero-order valence-corrected chi connectivity index (χ0v) is 15.3. The van der Waals surface area contributed by atoms with Crippen molar-refractivity contribution in [3.8, 4) is 5.75 Å². The van der Waals surface area contributed by atoms with Crippen LogP contribution < -0.4 is 10.1 Å². The van der Waals surface area contributed by atoms with E-state index < -0.39 is 0 Å². The lowest BCUT2D eigenvalue weighted by atomic mass is 9.98. The van der Waals surface area contributed by atoms with Gasteiger partial charge < -0.3 is 14.8 Å². The van der Waals surface area contributed by atoms with Crippen molar-refractivity contribution in [2.45, 2.75) is 58.5 Å². The fraction of sp³-hybridized carbons (Fsp3) is 0.650. The van der Waals surface area contributed by atoms with Crippen molar-refractivity contribution in [1.82, 2.24) is 5.32 Å². The number of ether oxygens (including phenoxy) is 2. The molecule has 1 aromatic rings. The van der Waals surface area contributed by atoms with Crippen LogP contribution >= 0.6 is 0 Å². The van der Waals surface area contributed by atoms with Crippen molar-refractivity contribution >= 4 is 5.91 Å². The molecule has 1 fully saturated rings. The highest BCUT2D eigenvalue weighted by Crippen LogP contribution is 2.30.